The first-order chi connectivity index (χ1) is 15.1. The molecule has 1 aromatic heterocycles. The second-order valence-corrected chi connectivity index (χ2v) is 11.8. The third-order valence-electron chi connectivity index (χ3n) is 6.93. The molecular formula is C24H33N3O4S. The molecule has 32 heavy (non-hydrogen) atoms. The lowest BCUT2D eigenvalue weighted by Crippen LogP contribution is -2.44. The van der Waals surface area contributed by atoms with Crippen LogP contribution in [0.25, 0.3) is 10.9 Å². The van der Waals surface area contributed by atoms with Gasteiger partial charge < -0.3 is 9.47 Å². The van der Waals surface area contributed by atoms with Crippen molar-refractivity contribution in [2.45, 2.75) is 44.9 Å². The van der Waals surface area contributed by atoms with Crippen LogP contribution in [0.2, 0.25) is 0 Å². The predicted molar refractivity (Wildman–Crippen MR) is 125 cm³/mol. The number of aromatic nitrogens is 1. The third kappa shape index (κ3) is 4.22. The number of benzene rings is 1. The Bertz CT molecular complexity index is 1190. The third-order valence-corrected chi connectivity index (χ3v) is 8.82. The van der Waals surface area contributed by atoms with Crippen molar-refractivity contribution < 1.29 is 13.2 Å². The largest absolute Gasteiger partial charge is 0.350 e. The molecule has 0 aliphatic carbocycles. The van der Waals surface area contributed by atoms with Gasteiger partial charge in [0.1, 0.15) is 5.56 Å². The van der Waals surface area contributed by atoms with Gasteiger partial charge in [0.05, 0.1) is 10.4 Å². The van der Waals surface area contributed by atoms with Gasteiger partial charge in [-0.3, -0.25) is 9.59 Å². The number of hydrogen-bond donors (Lipinski definition) is 0. The van der Waals surface area contributed by atoms with E-state index in [1.54, 1.807) is 34.8 Å². The summed E-state index contributed by atoms with van der Waals surface area (Å²) in [6.45, 7) is 8.61. The minimum Gasteiger partial charge on any atom is -0.350 e. The Morgan fingerprint density at radius 3 is 2.25 bits per heavy atom. The van der Waals surface area contributed by atoms with Crippen molar-refractivity contribution >= 4 is 26.8 Å². The standard InChI is InChI=1S/C24H33N3O4S/c1-16-7-9-27(10-8-16)32(30,31)19-5-6-22-20(12-19)23(28)21(15-25(22)4)24(29)26-13-17(2)11-18(3)14-26/h5-6,12,15-18H,7-11,13-14H2,1-4H3. The molecule has 1 amide bonds. The quantitative estimate of drug-likeness (QED) is 0.707. The molecule has 0 saturated carbocycles. The average molecular weight is 460 g/mol. The van der Waals surface area contributed by atoms with E-state index in [1.165, 1.54) is 10.4 Å². The molecule has 2 aliphatic heterocycles. The fraction of sp³-hybridized carbons (Fsp3) is 0.583. The Labute approximate surface area is 190 Å². The van der Waals surface area contributed by atoms with Crippen molar-refractivity contribution in [2.75, 3.05) is 26.2 Å². The van der Waals surface area contributed by atoms with Crippen LogP contribution in [0.15, 0.2) is 34.1 Å². The molecule has 2 atom stereocenters. The Morgan fingerprint density at radius 1 is 1.00 bits per heavy atom. The number of likely N-dealkylation sites (tertiary alicyclic amines) is 1. The highest BCUT2D eigenvalue weighted by Gasteiger charge is 2.30. The highest BCUT2D eigenvalue weighted by Crippen LogP contribution is 2.26. The SMILES string of the molecule is CC1CCN(S(=O)(=O)c2ccc3c(c2)c(=O)c(C(=O)N2CC(C)CC(C)C2)cn3C)CC1. The van der Waals surface area contributed by atoms with Gasteiger partial charge in [-0.2, -0.15) is 4.31 Å². The summed E-state index contributed by atoms with van der Waals surface area (Å²) in [4.78, 5) is 28.5. The maximum atomic E-state index is 13.4. The zero-order valence-electron chi connectivity index (χ0n) is 19.4. The highest BCUT2D eigenvalue weighted by molar-refractivity contribution is 7.89. The topological polar surface area (TPSA) is 79.7 Å². The molecule has 0 N–H and O–H groups in total. The van der Waals surface area contributed by atoms with E-state index in [2.05, 4.69) is 20.8 Å². The number of amides is 1. The molecule has 2 saturated heterocycles. The fourth-order valence-electron chi connectivity index (χ4n) is 5.16. The van der Waals surface area contributed by atoms with Crippen LogP contribution in [0.5, 0.6) is 0 Å². The molecular weight excluding hydrogens is 426 g/mol. The van der Waals surface area contributed by atoms with Gasteiger partial charge in [0.25, 0.3) is 5.91 Å². The molecule has 2 aromatic rings. The number of hydrogen-bond acceptors (Lipinski definition) is 4. The lowest BCUT2D eigenvalue weighted by atomic mass is 9.91. The first-order valence-electron chi connectivity index (χ1n) is 11.5. The van der Waals surface area contributed by atoms with Gasteiger partial charge in [-0.1, -0.05) is 20.8 Å². The van der Waals surface area contributed by atoms with Crippen molar-refractivity contribution in [1.82, 2.24) is 13.8 Å². The van der Waals surface area contributed by atoms with Crippen molar-refractivity contribution in [3.05, 3.63) is 40.2 Å². The van der Waals surface area contributed by atoms with E-state index in [0.717, 1.165) is 19.3 Å². The van der Waals surface area contributed by atoms with Gasteiger partial charge >= 0.3 is 0 Å². The molecule has 0 bridgehead atoms. The van der Waals surface area contributed by atoms with E-state index in [4.69, 9.17) is 0 Å². The summed E-state index contributed by atoms with van der Waals surface area (Å²) in [6, 6.07) is 4.67. The van der Waals surface area contributed by atoms with Crippen molar-refractivity contribution in [3.63, 3.8) is 0 Å². The zero-order chi connectivity index (χ0) is 23.2. The molecule has 1 aromatic carbocycles. The Balaban J connectivity index is 1.74. The van der Waals surface area contributed by atoms with E-state index >= 15 is 0 Å². The van der Waals surface area contributed by atoms with Crippen LogP contribution in [0.4, 0.5) is 0 Å². The van der Waals surface area contributed by atoms with E-state index in [1.807, 2.05) is 0 Å². The van der Waals surface area contributed by atoms with E-state index in [9.17, 15) is 18.0 Å². The van der Waals surface area contributed by atoms with Gasteiger partial charge in [-0.05, 0) is 55.2 Å². The number of sulfonamides is 1. The smallest absolute Gasteiger partial charge is 0.259 e. The minimum absolute atomic E-state index is 0.0997. The Kier molecular flexibility index (Phi) is 6.20. The zero-order valence-corrected chi connectivity index (χ0v) is 20.2. The average Bonchev–Trinajstić information content (AvgIpc) is 2.75. The molecule has 174 valence electrons. The normalized spacial score (nSPS) is 23.6. The molecule has 2 aliphatic rings. The molecule has 0 spiro atoms. The lowest BCUT2D eigenvalue weighted by Gasteiger charge is -2.35. The number of rotatable bonds is 3. The molecule has 3 heterocycles. The number of pyridine rings is 1. The molecule has 2 unspecified atom stereocenters. The van der Waals surface area contributed by atoms with Crippen LogP contribution in [0, 0.1) is 17.8 Å². The summed E-state index contributed by atoms with van der Waals surface area (Å²) in [5.74, 6) is 1.01. The van der Waals surface area contributed by atoms with Crippen LogP contribution in [-0.4, -0.2) is 54.3 Å². The first kappa shape index (κ1) is 23.0. The van der Waals surface area contributed by atoms with Gasteiger partial charge in [-0.15, -0.1) is 0 Å². The summed E-state index contributed by atoms with van der Waals surface area (Å²) >= 11 is 0. The monoisotopic (exact) mass is 459 g/mol. The summed E-state index contributed by atoms with van der Waals surface area (Å²) in [7, 11) is -1.91. The molecule has 7 nitrogen and oxygen atoms in total. The second-order valence-electron chi connectivity index (χ2n) is 9.90. The van der Waals surface area contributed by atoms with Crippen LogP contribution in [0.3, 0.4) is 0 Å². The predicted octanol–water partition coefficient (Wildman–Crippen LogP) is 3.08. The van der Waals surface area contributed by atoms with Crippen LogP contribution < -0.4 is 5.43 Å². The van der Waals surface area contributed by atoms with Crippen LogP contribution in [-0.2, 0) is 17.1 Å². The number of carbonyl (C=O) groups is 1. The second kappa shape index (κ2) is 8.63. The maximum absolute atomic E-state index is 13.4. The van der Waals surface area contributed by atoms with E-state index in [0.29, 0.717) is 49.4 Å². The number of fused-ring (bicyclic) bond motifs is 1. The van der Waals surface area contributed by atoms with E-state index < -0.39 is 15.5 Å². The minimum atomic E-state index is -3.68. The van der Waals surface area contributed by atoms with Gasteiger partial charge in [0.2, 0.25) is 15.5 Å². The van der Waals surface area contributed by atoms with Gasteiger partial charge in [-0.25, -0.2) is 8.42 Å². The van der Waals surface area contributed by atoms with Crippen molar-refractivity contribution in [2.24, 2.45) is 24.8 Å². The molecule has 0 radical (unpaired) electrons. The van der Waals surface area contributed by atoms with Gasteiger partial charge in [0.15, 0.2) is 0 Å². The number of piperidine rings is 2. The molecule has 2 fully saturated rings. The van der Waals surface area contributed by atoms with E-state index in [-0.39, 0.29) is 21.8 Å². The fourth-order valence-corrected chi connectivity index (χ4v) is 6.65. The van der Waals surface area contributed by atoms with Gasteiger partial charge in [0, 0.05) is 44.8 Å². The number of carbonyl (C=O) groups excluding carboxylic acids is 1. The number of aryl methyl sites for hydroxylation is 1. The number of nitrogens with zero attached hydrogens (tertiary/aromatic N) is 3. The lowest BCUT2D eigenvalue weighted by molar-refractivity contribution is 0.0621. The van der Waals surface area contributed by atoms with Crippen LogP contribution in [0.1, 0.15) is 50.4 Å². The maximum Gasteiger partial charge on any atom is 0.259 e. The molecule has 8 heteroatoms. The Morgan fingerprint density at radius 2 is 1.62 bits per heavy atom. The van der Waals surface area contributed by atoms with Crippen molar-refractivity contribution in [3.8, 4) is 0 Å². The molecule has 4 rings (SSSR count). The first-order valence-corrected chi connectivity index (χ1v) is 12.9. The summed E-state index contributed by atoms with van der Waals surface area (Å²) in [5, 5.41) is 0.267. The Hall–Kier alpha value is -2.19. The summed E-state index contributed by atoms with van der Waals surface area (Å²) in [5.41, 5.74) is 0.305. The van der Waals surface area contributed by atoms with Crippen LogP contribution >= 0.6 is 0 Å². The highest BCUT2D eigenvalue weighted by atomic mass is 32.2. The summed E-state index contributed by atoms with van der Waals surface area (Å²) in [6.07, 6.45) is 4.31. The summed E-state index contributed by atoms with van der Waals surface area (Å²) < 4.78 is 29.7. The van der Waals surface area contributed by atoms with Crippen molar-refractivity contribution in [1.29, 1.82) is 0 Å².